The van der Waals surface area contributed by atoms with Gasteiger partial charge in [-0.2, -0.15) is 0 Å². The molecule has 0 saturated carbocycles. The van der Waals surface area contributed by atoms with E-state index in [4.69, 9.17) is 0 Å². The molecule has 16 heavy (non-hydrogen) atoms. The molecule has 3 rings (SSSR count). The van der Waals surface area contributed by atoms with Crippen LogP contribution in [0, 0.1) is 0 Å². The Hall–Kier alpha value is -0.860. The van der Waals surface area contributed by atoms with Gasteiger partial charge in [0.2, 0.25) is 0 Å². The fraction of sp³-hybridized carbons (Fsp3) is 0. The third-order valence-corrected chi connectivity index (χ3v) is 3.85. The summed E-state index contributed by atoms with van der Waals surface area (Å²) in [7, 11) is 0. The quantitative estimate of drug-likeness (QED) is 0.474. The smallest absolute Gasteiger partial charge is 0.0265 e. The van der Waals surface area contributed by atoms with Crippen LogP contribution in [0.3, 0.4) is 0 Å². The van der Waals surface area contributed by atoms with Gasteiger partial charge in [-0.1, -0.05) is 56.1 Å². The van der Waals surface area contributed by atoms with Crippen LogP contribution in [0.4, 0.5) is 0 Å². The van der Waals surface area contributed by atoms with Crippen LogP contribution in [-0.2, 0) is 0 Å². The van der Waals surface area contributed by atoms with Gasteiger partial charge < -0.3 is 0 Å². The second-order valence-electron chi connectivity index (χ2n) is 3.81. The minimum atomic E-state index is 1.10. The van der Waals surface area contributed by atoms with Gasteiger partial charge in [0.05, 0.1) is 0 Å². The predicted molar refractivity (Wildman–Crippen MR) is 76.9 cm³/mol. The third-order valence-electron chi connectivity index (χ3n) is 2.73. The van der Waals surface area contributed by atoms with Gasteiger partial charge in [0.1, 0.15) is 0 Å². The Labute approximate surface area is 111 Å². The van der Waals surface area contributed by atoms with Crippen molar-refractivity contribution in [3.63, 3.8) is 0 Å². The lowest BCUT2D eigenvalue weighted by molar-refractivity contribution is 1.68. The lowest BCUT2D eigenvalue weighted by atomic mass is 10.0. The molecule has 0 heterocycles. The molecular weight excluding hydrogens is 328 g/mol. The molecule has 0 spiro atoms. The number of fused-ring (bicyclic) bond motifs is 2. The Morgan fingerprint density at radius 2 is 1.38 bits per heavy atom. The highest BCUT2D eigenvalue weighted by molar-refractivity contribution is 9.11. The third kappa shape index (κ3) is 1.66. The van der Waals surface area contributed by atoms with Crippen molar-refractivity contribution in [1.82, 2.24) is 0 Å². The molecule has 0 aliphatic heterocycles. The van der Waals surface area contributed by atoms with Crippen molar-refractivity contribution >= 4 is 53.4 Å². The molecule has 3 aromatic rings. The zero-order chi connectivity index (χ0) is 11.1. The SMILES string of the molecule is Brc1cc(Br)c2cc3ccccc3cc2c1. The summed E-state index contributed by atoms with van der Waals surface area (Å²) in [5, 5.41) is 5.06. The molecule has 2 heteroatoms. The molecule has 0 aromatic heterocycles. The zero-order valence-electron chi connectivity index (χ0n) is 8.37. The molecule has 0 unspecified atom stereocenters. The van der Waals surface area contributed by atoms with Crippen LogP contribution in [0.15, 0.2) is 57.5 Å². The van der Waals surface area contributed by atoms with Gasteiger partial charge in [-0.15, -0.1) is 0 Å². The van der Waals surface area contributed by atoms with Crippen LogP contribution >= 0.6 is 31.9 Å². The number of benzene rings is 3. The molecule has 0 aliphatic rings. The van der Waals surface area contributed by atoms with Crippen LogP contribution in [0.5, 0.6) is 0 Å². The first kappa shape index (κ1) is 10.3. The van der Waals surface area contributed by atoms with E-state index in [0.717, 1.165) is 8.95 Å². The standard InChI is InChI=1S/C14H8Br2/c15-12-6-11-5-9-3-1-2-4-10(9)7-13(11)14(16)8-12/h1-8H. The number of hydrogen-bond donors (Lipinski definition) is 0. The first-order chi connectivity index (χ1) is 7.74. The van der Waals surface area contributed by atoms with Crippen molar-refractivity contribution < 1.29 is 0 Å². The summed E-state index contributed by atoms with van der Waals surface area (Å²) in [5.41, 5.74) is 0. The van der Waals surface area contributed by atoms with E-state index in [-0.39, 0.29) is 0 Å². The Kier molecular flexibility index (Phi) is 2.49. The Balaban J connectivity index is 2.51. The summed E-state index contributed by atoms with van der Waals surface area (Å²) in [5.74, 6) is 0. The van der Waals surface area contributed by atoms with Crippen molar-refractivity contribution in [3.8, 4) is 0 Å². The Morgan fingerprint density at radius 3 is 2.12 bits per heavy atom. The summed E-state index contributed by atoms with van der Waals surface area (Å²) in [6.07, 6.45) is 0. The van der Waals surface area contributed by atoms with Gasteiger partial charge in [0, 0.05) is 8.95 Å². The largest absolute Gasteiger partial charge is 0.0616 e. The van der Waals surface area contributed by atoms with Crippen LogP contribution < -0.4 is 0 Å². The molecule has 78 valence electrons. The number of rotatable bonds is 0. The lowest BCUT2D eigenvalue weighted by Crippen LogP contribution is -1.78. The van der Waals surface area contributed by atoms with Crippen LogP contribution in [0.1, 0.15) is 0 Å². The highest BCUT2D eigenvalue weighted by Crippen LogP contribution is 2.31. The van der Waals surface area contributed by atoms with E-state index < -0.39 is 0 Å². The predicted octanol–water partition coefficient (Wildman–Crippen LogP) is 5.52. The minimum Gasteiger partial charge on any atom is -0.0616 e. The van der Waals surface area contributed by atoms with Gasteiger partial charge >= 0.3 is 0 Å². The van der Waals surface area contributed by atoms with Gasteiger partial charge in [-0.25, -0.2) is 0 Å². The maximum atomic E-state index is 3.60. The highest BCUT2D eigenvalue weighted by Gasteiger charge is 2.02. The molecule has 0 N–H and O–H groups in total. The second kappa shape index (κ2) is 3.86. The average Bonchev–Trinajstić information content (AvgIpc) is 2.27. The van der Waals surface area contributed by atoms with Crippen molar-refractivity contribution in [1.29, 1.82) is 0 Å². The van der Waals surface area contributed by atoms with E-state index in [9.17, 15) is 0 Å². The van der Waals surface area contributed by atoms with Gasteiger partial charge in [0.15, 0.2) is 0 Å². The lowest BCUT2D eigenvalue weighted by Gasteiger charge is -2.05. The van der Waals surface area contributed by atoms with E-state index in [1.807, 2.05) is 0 Å². The first-order valence-corrected chi connectivity index (χ1v) is 6.60. The summed E-state index contributed by atoms with van der Waals surface area (Å²) in [6, 6.07) is 17.1. The molecule has 0 saturated heterocycles. The summed E-state index contributed by atoms with van der Waals surface area (Å²) >= 11 is 7.12. The van der Waals surface area contributed by atoms with Gasteiger partial charge in [-0.3, -0.25) is 0 Å². The zero-order valence-corrected chi connectivity index (χ0v) is 11.5. The van der Waals surface area contributed by atoms with E-state index in [1.165, 1.54) is 21.5 Å². The van der Waals surface area contributed by atoms with Gasteiger partial charge in [-0.05, 0) is 45.8 Å². The normalized spacial score (nSPS) is 11.1. The van der Waals surface area contributed by atoms with Crippen LogP contribution in [-0.4, -0.2) is 0 Å². The molecular formula is C14H8Br2. The number of hydrogen-bond acceptors (Lipinski definition) is 0. The molecule has 0 atom stereocenters. The first-order valence-electron chi connectivity index (χ1n) is 5.01. The second-order valence-corrected chi connectivity index (χ2v) is 5.58. The maximum absolute atomic E-state index is 3.60. The molecule has 0 amide bonds. The van der Waals surface area contributed by atoms with Crippen molar-refractivity contribution in [3.05, 3.63) is 57.5 Å². The van der Waals surface area contributed by atoms with E-state index in [1.54, 1.807) is 0 Å². The molecule has 0 radical (unpaired) electrons. The molecule has 3 aromatic carbocycles. The molecule has 0 nitrogen and oxygen atoms in total. The molecule has 0 fully saturated rings. The fourth-order valence-electron chi connectivity index (χ4n) is 1.97. The van der Waals surface area contributed by atoms with Crippen molar-refractivity contribution in [2.75, 3.05) is 0 Å². The topological polar surface area (TPSA) is 0 Å². The highest BCUT2D eigenvalue weighted by atomic mass is 79.9. The summed E-state index contributed by atoms with van der Waals surface area (Å²) < 4.78 is 2.23. The van der Waals surface area contributed by atoms with Crippen LogP contribution in [0.25, 0.3) is 21.5 Å². The molecule has 0 bridgehead atoms. The number of halogens is 2. The van der Waals surface area contributed by atoms with E-state index in [0.29, 0.717) is 0 Å². The average molecular weight is 336 g/mol. The molecule has 0 aliphatic carbocycles. The summed E-state index contributed by atoms with van der Waals surface area (Å²) in [4.78, 5) is 0. The Morgan fingerprint density at radius 1 is 0.688 bits per heavy atom. The van der Waals surface area contributed by atoms with Crippen LogP contribution in [0.2, 0.25) is 0 Å². The van der Waals surface area contributed by atoms with Gasteiger partial charge in [0.25, 0.3) is 0 Å². The Bertz CT molecular complexity index is 687. The monoisotopic (exact) mass is 334 g/mol. The van der Waals surface area contributed by atoms with Crippen molar-refractivity contribution in [2.24, 2.45) is 0 Å². The summed E-state index contributed by atoms with van der Waals surface area (Å²) in [6.45, 7) is 0. The maximum Gasteiger partial charge on any atom is 0.0265 e. The van der Waals surface area contributed by atoms with E-state index >= 15 is 0 Å². The van der Waals surface area contributed by atoms with Crippen molar-refractivity contribution in [2.45, 2.75) is 0 Å². The minimum absolute atomic E-state index is 1.10. The van der Waals surface area contributed by atoms with E-state index in [2.05, 4.69) is 80.4 Å². The fourth-order valence-corrected chi connectivity index (χ4v) is 3.35.